The molecule has 0 unspecified atom stereocenters. The van der Waals surface area contributed by atoms with Gasteiger partial charge < -0.3 is 20.7 Å². The summed E-state index contributed by atoms with van der Waals surface area (Å²) in [6, 6.07) is 13.5. The number of amides is 3. The molecule has 152 valence electrons. The van der Waals surface area contributed by atoms with Crippen molar-refractivity contribution in [2.75, 3.05) is 25.0 Å². The fourth-order valence-electron chi connectivity index (χ4n) is 2.73. The van der Waals surface area contributed by atoms with Crippen molar-refractivity contribution in [2.24, 2.45) is 5.92 Å². The molecular weight excluding hydrogens is 370 g/mol. The second-order valence-electron chi connectivity index (χ2n) is 6.81. The van der Waals surface area contributed by atoms with Crippen molar-refractivity contribution in [1.29, 1.82) is 0 Å². The summed E-state index contributed by atoms with van der Waals surface area (Å²) in [5.41, 5.74) is 1.60. The topological polar surface area (TPSA) is 96.5 Å². The molecular formula is C22H25N3O4. The van der Waals surface area contributed by atoms with Crippen molar-refractivity contribution >= 4 is 23.4 Å². The van der Waals surface area contributed by atoms with E-state index in [0.29, 0.717) is 42.3 Å². The van der Waals surface area contributed by atoms with Crippen LogP contribution in [-0.2, 0) is 4.79 Å². The minimum absolute atomic E-state index is 0.0619. The SMILES string of the molecule is CCOc1ccc(C(=O)Nc2ccc(C(=O)NCCNC(=O)C3CC3)cc2)cc1. The van der Waals surface area contributed by atoms with Crippen LogP contribution < -0.4 is 20.7 Å². The zero-order valence-electron chi connectivity index (χ0n) is 16.4. The van der Waals surface area contributed by atoms with Crippen molar-refractivity contribution in [3.05, 3.63) is 59.7 Å². The molecule has 29 heavy (non-hydrogen) atoms. The van der Waals surface area contributed by atoms with Crippen LogP contribution in [0.5, 0.6) is 5.75 Å². The first-order valence-corrected chi connectivity index (χ1v) is 9.77. The van der Waals surface area contributed by atoms with Crippen LogP contribution in [0.2, 0.25) is 0 Å². The summed E-state index contributed by atoms with van der Waals surface area (Å²) in [5, 5.41) is 8.36. The van der Waals surface area contributed by atoms with Crippen LogP contribution in [0.25, 0.3) is 0 Å². The van der Waals surface area contributed by atoms with E-state index in [4.69, 9.17) is 4.74 Å². The molecule has 0 radical (unpaired) electrons. The van der Waals surface area contributed by atoms with E-state index in [1.54, 1.807) is 48.5 Å². The molecule has 1 aliphatic rings. The lowest BCUT2D eigenvalue weighted by Gasteiger charge is -2.09. The number of carbonyl (C=O) groups excluding carboxylic acids is 3. The Morgan fingerprint density at radius 1 is 0.862 bits per heavy atom. The molecule has 2 aromatic carbocycles. The molecule has 0 bridgehead atoms. The molecule has 3 N–H and O–H groups in total. The molecule has 7 nitrogen and oxygen atoms in total. The van der Waals surface area contributed by atoms with Gasteiger partial charge in [-0.3, -0.25) is 14.4 Å². The molecule has 0 heterocycles. The Kier molecular flexibility index (Phi) is 6.84. The summed E-state index contributed by atoms with van der Waals surface area (Å²) < 4.78 is 5.36. The average Bonchev–Trinajstić information content (AvgIpc) is 3.58. The van der Waals surface area contributed by atoms with Crippen LogP contribution in [0.4, 0.5) is 5.69 Å². The first-order chi connectivity index (χ1) is 14.1. The van der Waals surface area contributed by atoms with E-state index in [2.05, 4.69) is 16.0 Å². The molecule has 3 rings (SSSR count). The molecule has 1 saturated carbocycles. The number of rotatable bonds is 9. The van der Waals surface area contributed by atoms with Crippen LogP contribution in [0.1, 0.15) is 40.5 Å². The smallest absolute Gasteiger partial charge is 0.255 e. The van der Waals surface area contributed by atoms with Gasteiger partial charge in [-0.05, 0) is 68.3 Å². The Bertz CT molecular complexity index is 859. The lowest BCUT2D eigenvalue weighted by atomic mass is 10.1. The van der Waals surface area contributed by atoms with Crippen molar-refractivity contribution in [2.45, 2.75) is 19.8 Å². The number of hydrogen-bond acceptors (Lipinski definition) is 4. The highest BCUT2D eigenvalue weighted by Crippen LogP contribution is 2.28. The van der Waals surface area contributed by atoms with Crippen LogP contribution in [0.15, 0.2) is 48.5 Å². The highest BCUT2D eigenvalue weighted by Gasteiger charge is 2.28. The minimum Gasteiger partial charge on any atom is -0.494 e. The van der Waals surface area contributed by atoms with Gasteiger partial charge in [-0.1, -0.05) is 0 Å². The highest BCUT2D eigenvalue weighted by atomic mass is 16.5. The number of benzene rings is 2. The highest BCUT2D eigenvalue weighted by molar-refractivity contribution is 6.04. The summed E-state index contributed by atoms with van der Waals surface area (Å²) in [6.07, 6.45) is 1.92. The fourth-order valence-corrected chi connectivity index (χ4v) is 2.73. The second kappa shape index (κ2) is 9.73. The van der Waals surface area contributed by atoms with Crippen LogP contribution in [0.3, 0.4) is 0 Å². The predicted molar refractivity (Wildman–Crippen MR) is 110 cm³/mol. The summed E-state index contributed by atoms with van der Waals surface area (Å²) in [6.45, 7) is 3.25. The van der Waals surface area contributed by atoms with Gasteiger partial charge in [-0.15, -0.1) is 0 Å². The number of nitrogens with one attached hydrogen (secondary N) is 3. The lowest BCUT2D eigenvalue weighted by molar-refractivity contribution is -0.122. The van der Waals surface area contributed by atoms with E-state index in [1.165, 1.54) is 0 Å². The third-order valence-corrected chi connectivity index (χ3v) is 4.49. The maximum Gasteiger partial charge on any atom is 0.255 e. The summed E-state index contributed by atoms with van der Waals surface area (Å²) in [7, 11) is 0. The third kappa shape index (κ3) is 6.07. The summed E-state index contributed by atoms with van der Waals surface area (Å²) in [5.74, 6) is 0.473. The molecule has 7 heteroatoms. The van der Waals surface area contributed by atoms with Crippen molar-refractivity contribution in [3.63, 3.8) is 0 Å². The molecule has 0 spiro atoms. The number of hydrogen-bond donors (Lipinski definition) is 3. The van der Waals surface area contributed by atoms with E-state index < -0.39 is 0 Å². The number of ether oxygens (including phenoxy) is 1. The van der Waals surface area contributed by atoms with Gasteiger partial charge in [0.2, 0.25) is 5.91 Å². The van der Waals surface area contributed by atoms with E-state index in [0.717, 1.165) is 12.8 Å². The lowest BCUT2D eigenvalue weighted by Crippen LogP contribution is -2.35. The zero-order chi connectivity index (χ0) is 20.6. The average molecular weight is 395 g/mol. The summed E-state index contributed by atoms with van der Waals surface area (Å²) >= 11 is 0. The van der Waals surface area contributed by atoms with Crippen LogP contribution in [-0.4, -0.2) is 37.4 Å². The maximum absolute atomic E-state index is 12.3. The maximum atomic E-state index is 12.3. The first kappa shape index (κ1) is 20.4. The van der Waals surface area contributed by atoms with Gasteiger partial charge in [-0.25, -0.2) is 0 Å². The molecule has 2 aromatic rings. The van der Waals surface area contributed by atoms with Gasteiger partial charge in [-0.2, -0.15) is 0 Å². The van der Waals surface area contributed by atoms with Gasteiger partial charge in [0, 0.05) is 35.8 Å². The standard InChI is InChI=1S/C22H25N3O4/c1-2-29-19-11-7-17(8-12-19)22(28)25-18-9-5-16(6-10-18)21(27)24-14-13-23-20(26)15-3-4-15/h5-12,15H,2-4,13-14H2,1H3,(H,23,26)(H,24,27)(H,25,28). The van der Waals surface area contributed by atoms with Gasteiger partial charge in [0.05, 0.1) is 6.61 Å². The fraction of sp³-hybridized carbons (Fsp3) is 0.318. The Morgan fingerprint density at radius 2 is 1.45 bits per heavy atom. The van der Waals surface area contributed by atoms with Crippen LogP contribution in [0, 0.1) is 5.92 Å². The second-order valence-corrected chi connectivity index (χ2v) is 6.81. The Hall–Kier alpha value is -3.35. The van der Waals surface area contributed by atoms with Gasteiger partial charge in [0.25, 0.3) is 11.8 Å². The monoisotopic (exact) mass is 395 g/mol. The molecule has 1 aliphatic carbocycles. The number of carbonyl (C=O) groups is 3. The van der Waals surface area contributed by atoms with Crippen molar-refractivity contribution < 1.29 is 19.1 Å². The van der Waals surface area contributed by atoms with Gasteiger partial charge in [0.15, 0.2) is 0 Å². The van der Waals surface area contributed by atoms with E-state index >= 15 is 0 Å². The number of anilines is 1. The normalized spacial score (nSPS) is 12.7. The summed E-state index contributed by atoms with van der Waals surface area (Å²) in [4.78, 5) is 36.0. The van der Waals surface area contributed by atoms with Gasteiger partial charge >= 0.3 is 0 Å². The van der Waals surface area contributed by atoms with Crippen LogP contribution >= 0.6 is 0 Å². The molecule has 0 aliphatic heterocycles. The Balaban J connectivity index is 1.45. The largest absolute Gasteiger partial charge is 0.494 e. The molecule has 0 atom stereocenters. The van der Waals surface area contributed by atoms with Crippen molar-refractivity contribution in [3.8, 4) is 5.75 Å². The first-order valence-electron chi connectivity index (χ1n) is 9.77. The third-order valence-electron chi connectivity index (χ3n) is 4.49. The quantitative estimate of drug-likeness (QED) is 0.569. The minimum atomic E-state index is -0.239. The Labute approximate surface area is 169 Å². The van der Waals surface area contributed by atoms with Crippen molar-refractivity contribution in [1.82, 2.24) is 10.6 Å². The van der Waals surface area contributed by atoms with Gasteiger partial charge in [0.1, 0.15) is 5.75 Å². The molecule has 3 amide bonds. The molecule has 0 saturated heterocycles. The molecule has 0 aromatic heterocycles. The Morgan fingerprint density at radius 3 is 2.07 bits per heavy atom. The van der Waals surface area contributed by atoms with E-state index in [1.807, 2.05) is 6.92 Å². The molecule has 1 fully saturated rings. The van der Waals surface area contributed by atoms with E-state index in [9.17, 15) is 14.4 Å². The zero-order valence-corrected chi connectivity index (χ0v) is 16.4. The predicted octanol–water partition coefficient (Wildman–Crippen LogP) is 2.59. The van der Waals surface area contributed by atoms with E-state index in [-0.39, 0.29) is 23.6 Å².